The minimum atomic E-state index is -4.25. The van der Waals surface area contributed by atoms with Crippen LogP contribution in [0.4, 0.5) is 17.6 Å². The van der Waals surface area contributed by atoms with Gasteiger partial charge < -0.3 is 5.32 Å². The Balaban J connectivity index is 2.62. The van der Waals surface area contributed by atoms with Gasteiger partial charge in [-0.25, -0.2) is 4.39 Å². The van der Waals surface area contributed by atoms with Gasteiger partial charge in [-0.05, 0) is 13.0 Å². The van der Waals surface area contributed by atoms with E-state index < -0.39 is 24.5 Å². The quantitative estimate of drug-likeness (QED) is 0.844. The van der Waals surface area contributed by atoms with Gasteiger partial charge in [0.15, 0.2) is 0 Å². The van der Waals surface area contributed by atoms with Crippen LogP contribution in [0.1, 0.15) is 24.5 Å². The molecular formula is C12H12F4N2. The summed E-state index contributed by atoms with van der Waals surface area (Å²) in [7, 11) is 0. The fourth-order valence-corrected chi connectivity index (χ4v) is 1.51. The van der Waals surface area contributed by atoms with E-state index in [4.69, 9.17) is 5.26 Å². The van der Waals surface area contributed by atoms with Crippen LogP contribution in [0.3, 0.4) is 0 Å². The number of nitriles is 1. The number of hydrogen-bond donors (Lipinski definition) is 1. The lowest BCUT2D eigenvalue weighted by Gasteiger charge is -2.16. The van der Waals surface area contributed by atoms with Crippen LogP contribution in [0, 0.1) is 17.1 Å². The summed E-state index contributed by atoms with van der Waals surface area (Å²) in [5.74, 6) is -0.688. The van der Waals surface area contributed by atoms with Gasteiger partial charge in [0.2, 0.25) is 0 Å². The van der Waals surface area contributed by atoms with Gasteiger partial charge in [0.1, 0.15) is 11.9 Å². The van der Waals surface area contributed by atoms with E-state index in [1.807, 2.05) is 0 Å². The fourth-order valence-electron chi connectivity index (χ4n) is 1.51. The zero-order valence-electron chi connectivity index (χ0n) is 9.68. The highest BCUT2D eigenvalue weighted by molar-refractivity contribution is 5.34. The molecule has 0 saturated heterocycles. The summed E-state index contributed by atoms with van der Waals surface area (Å²) in [6.07, 6.45) is -5.23. The molecule has 98 valence electrons. The summed E-state index contributed by atoms with van der Waals surface area (Å²) in [4.78, 5) is 0. The summed E-state index contributed by atoms with van der Waals surface area (Å²) in [5, 5.41) is 11.2. The van der Waals surface area contributed by atoms with Crippen molar-refractivity contribution in [3.05, 3.63) is 35.1 Å². The summed E-state index contributed by atoms with van der Waals surface area (Å²) in [6, 6.07) is 5.11. The van der Waals surface area contributed by atoms with Gasteiger partial charge in [0.05, 0.1) is 12.0 Å². The van der Waals surface area contributed by atoms with E-state index in [0.29, 0.717) is 0 Å². The average Bonchev–Trinajstić information content (AvgIpc) is 2.25. The van der Waals surface area contributed by atoms with E-state index in [1.165, 1.54) is 25.1 Å². The molecule has 0 amide bonds. The molecule has 0 fully saturated rings. The van der Waals surface area contributed by atoms with Crippen molar-refractivity contribution in [2.75, 3.05) is 0 Å². The van der Waals surface area contributed by atoms with Crippen LogP contribution in [-0.4, -0.2) is 12.2 Å². The van der Waals surface area contributed by atoms with Gasteiger partial charge in [0.25, 0.3) is 0 Å². The zero-order valence-corrected chi connectivity index (χ0v) is 9.68. The largest absolute Gasteiger partial charge is 0.390 e. The second-order valence-corrected chi connectivity index (χ2v) is 3.99. The highest BCUT2D eigenvalue weighted by Gasteiger charge is 2.29. The van der Waals surface area contributed by atoms with Crippen LogP contribution < -0.4 is 5.32 Å². The van der Waals surface area contributed by atoms with Crippen LogP contribution in [0.25, 0.3) is 0 Å². The molecule has 0 aliphatic rings. The molecule has 1 rings (SSSR count). The second kappa shape index (κ2) is 5.83. The lowest BCUT2D eigenvalue weighted by molar-refractivity contribution is -0.139. The predicted molar refractivity (Wildman–Crippen MR) is 58.1 cm³/mol. The zero-order chi connectivity index (χ0) is 13.8. The molecule has 0 spiro atoms. The van der Waals surface area contributed by atoms with Crippen LogP contribution in [0.5, 0.6) is 0 Å². The Morgan fingerprint density at radius 2 is 2.06 bits per heavy atom. The summed E-state index contributed by atoms with van der Waals surface area (Å²) >= 11 is 0. The van der Waals surface area contributed by atoms with E-state index in [9.17, 15) is 17.6 Å². The van der Waals surface area contributed by atoms with Gasteiger partial charge in [-0.1, -0.05) is 12.1 Å². The maximum absolute atomic E-state index is 13.6. The highest BCUT2D eigenvalue weighted by Crippen LogP contribution is 2.21. The second-order valence-electron chi connectivity index (χ2n) is 3.99. The first kappa shape index (κ1) is 14.5. The van der Waals surface area contributed by atoms with Crippen molar-refractivity contribution in [2.45, 2.75) is 32.1 Å². The summed E-state index contributed by atoms with van der Waals surface area (Å²) < 4.78 is 49.8. The first-order valence-corrected chi connectivity index (χ1v) is 5.31. The molecule has 0 saturated carbocycles. The Kier molecular flexibility index (Phi) is 4.68. The lowest BCUT2D eigenvalue weighted by Crippen LogP contribution is -2.31. The molecule has 1 aromatic carbocycles. The smallest absolute Gasteiger partial charge is 0.310 e. The fraction of sp³-hybridized carbons (Fsp3) is 0.417. The molecule has 1 atom stereocenters. The molecular weight excluding hydrogens is 248 g/mol. The highest BCUT2D eigenvalue weighted by atomic mass is 19.4. The number of alkyl halides is 3. The van der Waals surface area contributed by atoms with Gasteiger partial charge in [-0.2, -0.15) is 18.4 Å². The Labute approximate surface area is 102 Å². The van der Waals surface area contributed by atoms with E-state index in [0.717, 1.165) is 0 Å². The minimum absolute atomic E-state index is 0.0431. The third-order valence-corrected chi connectivity index (χ3v) is 2.38. The standard InChI is InChI=1S/C12H12F4N2/c1-8(5-12(14,15)16)18-7-10-4-2-3-9(6-17)11(10)13/h2-4,8,18H,5,7H2,1H3. The Morgan fingerprint density at radius 1 is 1.39 bits per heavy atom. The monoisotopic (exact) mass is 260 g/mol. The SMILES string of the molecule is CC(CC(F)(F)F)NCc1cccc(C#N)c1F. The third-order valence-electron chi connectivity index (χ3n) is 2.38. The topological polar surface area (TPSA) is 35.8 Å². The molecule has 1 N–H and O–H groups in total. The van der Waals surface area contributed by atoms with Gasteiger partial charge in [-0.3, -0.25) is 0 Å². The molecule has 1 unspecified atom stereocenters. The molecule has 2 nitrogen and oxygen atoms in total. The Hall–Kier alpha value is -1.61. The lowest BCUT2D eigenvalue weighted by atomic mass is 10.1. The van der Waals surface area contributed by atoms with Gasteiger partial charge in [0, 0.05) is 18.2 Å². The molecule has 0 radical (unpaired) electrons. The van der Waals surface area contributed by atoms with Crippen LogP contribution in [-0.2, 0) is 6.54 Å². The normalized spacial score (nSPS) is 13.1. The van der Waals surface area contributed by atoms with Crippen molar-refractivity contribution >= 4 is 0 Å². The van der Waals surface area contributed by atoms with E-state index in [1.54, 1.807) is 6.07 Å². The third kappa shape index (κ3) is 4.34. The van der Waals surface area contributed by atoms with Crippen LogP contribution in [0.2, 0.25) is 0 Å². The van der Waals surface area contributed by atoms with Crippen molar-refractivity contribution in [3.8, 4) is 6.07 Å². The first-order valence-electron chi connectivity index (χ1n) is 5.31. The Morgan fingerprint density at radius 3 is 2.61 bits per heavy atom. The first-order chi connectivity index (χ1) is 8.33. The van der Waals surface area contributed by atoms with Crippen molar-refractivity contribution in [3.63, 3.8) is 0 Å². The van der Waals surface area contributed by atoms with Crippen molar-refractivity contribution in [2.24, 2.45) is 0 Å². The van der Waals surface area contributed by atoms with E-state index in [2.05, 4.69) is 5.32 Å². The number of nitrogens with one attached hydrogen (secondary N) is 1. The maximum Gasteiger partial charge on any atom is 0.390 e. The number of hydrogen-bond acceptors (Lipinski definition) is 2. The minimum Gasteiger partial charge on any atom is -0.310 e. The van der Waals surface area contributed by atoms with Gasteiger partial charge in [-0.15, -0.1) is 0 Å². The summed E-state index contributed by atoms with van der Waals surface area (Å²) in [6.45, 7) is 1.33. The van der Waals surface area contributed by atoms with Crippen molar-refractivity contribution in [1.29, 1.82) is 5.26 Å². The molecule has 0 aromatic heterocycles. The number of benzene rings is 1. The molecule has 0 aliphatic carbocycles. The van der Waals surface area contributed by atoms with Gasteiger partial charge >= 0.3 is 6.18 Å². The molecule has 0 aliphatic heterocycles. The summed E-state index contributed by atoms with van der Waals surface area (Å²) in [5.41, 5.74) is 0.0702. The number of halogens is 4. The molecule has 6 heteroatoms. The maximum atomic E-state index is 13.6. The van der Waals surface area contributed by atoms with Crippen LogP contribution in [0.15, 0.2) is 18.2 Å². The number of nitrogens with zero attached hydrogens (tertiary/aromatic N) is 1. The molecule has 0 heterocycles. The average molecular weight is 260 g/mol. The van der Waals surface area contributed by atoms with Crippen molar-refractivity contribution < 1.29 is 17.6 Å². The van der Waals surface area contributed by atoms with E-state index in [-0.39, 0.29) is 17.7 Å². The van der Waals surface area contributed by atoms with E-state index >= 15 is 0 Å². The van der Waals surface area contributed by atoms with Crippen molar-refractivity contribution in [1.82, 2.24) is 5.32 Å². The predicted octanol–water partition coefficient (Wildman–Crippen LogP) is 3.13. The molecule has 0 bridgehead atoms. The molecule has 1 aromatic rings. The molecule has 18 heavy (non-hydrogen) atoms. The Bertz CT molecular complexity index is 448. The number of rotatable bonds is 4. The van der Waals surface area contributed by atoms with Crippen LogP contribution >= 0.6 is 0 Å².